The molecule has 0 atom stereocenters. The Morgan fingerprint density at radius 1 is 1.31 bits per heavy atom. The normalized spacial score (nSPS) is 10.1. The molecule has 0 aliphatic rings. The van der Waals surface area contributed by atoms with Crippen LogP contribution in [0.25, 0.3) is 0 Å². The van der Waals surface area contributed by atoms with Crippen LogP contribution in [0.3, 0.4) is 0 Å². The zero-order chi connectivity index (χ0) is 11.5. The number of benzene rings is 1. The molecule has 0 unspecified atom stereocenters. The van der Waals surface area contributed by atoms with E-state index in [4.69, 9.17) is 5.14 Å². The van der Waals surface area contributed by atoms with Crippen molar-refractivity contribution in [3.05, 3.63) is 24.3 Å². The van der Waals surface area contributed by atoms with E-state index >= 15 is 0 Å². The number of carbonyl (C=O) groups excluding carboxylic acids is 1. The summed E-state index contributed by atoms with van der Waals surface area (Å²) in [7, 11) is -2.47. The number of primary sulfonamides is 1. The number of carbonyl (C=O) groups is 1. The fourth-order valence-electron chi connectivity index (χ4n) is 0.897. The molecule has 3 N–H and O–H groups in total. The van der Waals surface area contributed by atoms with E-state index in [9.17, 15) is 13.2 Å². The molecule has 16 heavy (non-hydrogen) atoms. The number of methoxy groups -OCH3 is 1. The van der Waals surface area contributed by atoms with E-state index in [-0.39, 0.29) is 34.5 Å². The number of rotatable bonds is 2. The van der Waals surface area contributed by atoms with Gasteiger partial charge in [-0.25, -0.2) is 18.4 Å². The van der Waals surface area contributed by atoms with E-state index in [2.05, 4.69) is 10.1 Å². The summed E-state index contributed by atoms with van der Waals surface area (Å²) in [5.41, 5.74) is 0.425. The van der Waals surface area contributed by atoms with Gasteiger partial charge in [0.05, 0.1) is 12.0 Å². The van der Waals surface area contributed by atoms with E-state index in [1.165, 1.54) is 31.4 Å². The van der Waals surface area contributed by atoms with Gasteiger partial charge in [-0.1, -0.05) is 0 Å². The number of nitrogens with two attached hydrogens (primary N) is 1. The van der Waals surface area contributed by atoms with Crippen LogP contribution in [0.4, 0.5) is 10.5 Å². The van der Waals surface area contributed by atoms with Crippen LogP contribution in [0.5, 0.6) is 0 Å². The van der Waals surface area contributed by atoms with Crippen LogP contribution in [-0.4, -0.2) is 51.2 Å². The Morgan fingerprint density at radius 3 is 2.19 bits per heavy atom. The van der Waals surface area contributed by atoms with Crippen molar-refractivity contribution < 1.29 is 17.9 Å². The van der Waals surface area contributed by atoms with Gasteiger partial charge in [0.2, 0.25) is 10.0 Å². The Hall–Kier alpha value is -0.600. The Labute approximate surface area is 116 Å². The maximum atomic E-state index is 10.9. The largest absolute Gasteiger partial charge is 0.453 e. The predicted octanol–water partition coefficient (Wildman–Crippen LogP) is 0.131. The molecule has 0 saturated heterocycles. The molecular formula is C8H10N2NaO4S. The van der Waals surface area contributed by atoms with Crippen LogP contribution >= 0.6 is 0 Å². The summed E-state index contributed by atoms with van der Waals surface area (Å²) in [6.45, 7) is 0. The van der Waals surface area contributed by atoms with Gasteiger partial charge in [0.15, 0.2) is 0 Å². The van der Waals surface area contributed by atoms with Crippen molar-refractivity contribution in [1.82, 2.24) is 0 Å². The van der Waals surface area contributed by atoms with E-state index in [0.29, 0.717) is 5.69 Å². The van der Waals surface area contributed by atoms with Gasteiger partial charge in [-0.15, -0.1) is 0 Å². The first-order chi connectivity index (χ1) is 6.93. The summed E-state index contributed by atoms with van der Waals surface area (Å²) in [4.78, 5) is 10.8. The summed E-state index contributed by atoms with van der Waals surface area (Å²) >= 11 is 0. The van der Waals surface area contributed by atoms with E-state index in [1.807, 2.05) is 0 Å². The molecule has 1 aromatic rings. The fourth-order valence-corrected chi connectivity index (χ4v) is 1.41. The summed E-state index contributed by atoms with van der Waals surface area (Å²) in [5.74, 6) is 0. The third-order valence-corrected chi connectivity index (χ3v) is 2.54. The summed E-state index contributed by atoms with van der Waals surface area (Å²) in [6.07, 6.45) is -0.627. The number of anilines is 1. The first-order valence-electron chi connectivity index (χ1n) is 3.91. The number of hydrogen-bond acceptors (Lipinski definition) is 4. The maximum Gasteiger partial charge on any atom is 0.411 e. The van der Waals surface area contributed by atoms with Gasteiger partial charge in [-0.2, -0.15) is 0 Å². The van der Waals surface area contributed by atoms with Gasteiger partial charge in [0, 0.05) is 35.2 Å². The smallest absolute Gasteiger partial charge is 0.411 e. The van der Waals surface area contributed by atoms with Gasteiger partial charge in [0.25, 0.3) is 0 Å². The molecule has 83 valence electrons. The first kappa shape index (κ1) is 15.4. The van der Waals surface area contributed by atoms with E-state index in [1.54, 1.807) is 0 Å². The van der Waals surface area contributed by atoms with Crippen LogP contribution < -0.4 is 10.5 Å². The van der Waals surface area contributed by atoms with Crippen molar-refractivity contribution in [2.75, 3.05) is 12.4 Å². The fraction of sp³-hybridized carbons (Fsp3) is 0.125. The Kier molecular flexibility index (Phi) is 5.98. The third-order valence-electron chi connectivity index (χ3n) is 1.61. The van der Waals surface area contributed by atoms with Gasteiger partial charge in [-0.3, -0.25) is 5.32 Å². The third kappa shape index (κ3) is 4.50. The summed E-state index contributed by atoms with van der Waals surface area (Å²) in [6, 6.07) is 5.41. The van der Waals surface area contributed by atoms with Crippen LogP contribution in [-0.2, 0) is 14.8 Å². The van der Waals surface area contributed by atoms with Gasteiger partial charge in [0.1, 0.15) is 0 Å². The molecule has 0 saturated carbocycles. The topological polar surface area (TPSA) is 98.5 Å². The summed E-state index contributed by atoms with van der Waals surface area (Å²) < 4.78 is 26.1. The monoisotopic (exact) mass is 253 g/mol. The maximum absolute atomic E-state index is 10.9. The van der Waals surface area contributed by atoms with Crippen molar-refractivity contribution >= 4 is 51.4 Å². The van der Waals surface area contributed by atoms with Crippen molar-refractivity contribution in [2.24, 2.45) is 5.14 Å². The molecule has 0 aliphatic heterocycles. The van der Waals surface area contributed by atoms with Crippen molar-refractivity contribution in [1.29, 1.82) is 0 Å². The van der Waals surface area contributed by atoms with Gasteiger partial charge >= 0.3 is 6.09 Å². The van der Waals surface area contributed by atoms with Crippen molar-refractivity contribution in [3.8, 4) is 0 Å². The zero-order valence-corrected chi connectivity index (χ0v) is 11.7. The molecule has 0 fully saturated rings. The standard InChI is InChI=1S/C8H10N2O4S.Na/c1-14-8(11)10-6-2-4-7(5-3-6)15(9,12)13;/h2-5H,1H3,(H,10,11)(H2,9,12,13);. The molecule has 1 radical (unpaired) electrons. The Morgan fingerprint density at radius 2 is 1.81 bits per heavy atom. The number of hydrogen-bond donors (Lipinski definition) is 2. The molecular weight excluding hydrogens is 243 g/mol. The SMILES string of the molecule is COC(=O)Nc1ccc(S(N)(=O)=O)cc1.[Na]. The summed E-state index contributed by atoms with van der Waals surface area (Å²) in [5, 5.41) is 7.27. The van der Waals surface area contributed by atoms with Crippen LogP contribution in [0, 0.1) is 0 Å². The van der Waals surface area contributed by atoms with Gasteiger partial charge < -0.3 is 4.74 Å². The molecule has 8 heteroatoms. The molecule has 0 aromatic heterocycles. The second-order valence-corrected chi connectivity index (χ2v) is 4.25. The predicted molar refractivity (Wildman–Crippen MR) is 59.6 cm³/mol. The van der Waals surface area contributed by atoms with Gasteiger partial charge in [-0.05, 0) is 24.3 Å². The second-order valence-electron chi connectivity index (χ2n) is 2.69. The van der Waals surface area contributed by atoms with Crippen LogP contribution in [0.15, 0.2) is 29.2 Å². The van der Waals surface area contributed by atoms with Crippen LogP contribution in [0.1, 0.15) is 0 Å². The average molecular weight is 253 g/mol. The van der Waals surface area contributed by atoms with E-state index < -0.39 is 16.1 Å². The minimum atomic E-state index is -3.70. The average Bonchev–Trinajstić information content (AvgIpc) is 2.17. The van der Waals surface area contributed by atoms with Crippen molar-refractivity contribution in [3.63, 3.8) is 0 Å². The Balaban J connectivity index is 0.00000225. The number of amides is 1. The molecule has 1 amide bonds. The number of nitrogens with one attached hydrogen (secondary N) is 1. The zero-order valence-electron chi connectivity index (χ0n) is 8.93. The van der Waals surface area contributed by atoms with E-state index in [0.717, 1.165) is 0 Å². The quantitative estimate of drug-likeness (QED) is 0.732. The molecule has 0 aliphatic carbocycles. The molecule has 1 rings (SSSR count). The van der Waals surface area contributed by atoms with Crippen LogP contribution in [0.2, 0.25) is 0 Å². The molecule has 6 nitrogen and oxygen atoms in total. The Bertz CT molecular complexity index is 457. The number of sulfonamides is 1. The number of ether oxygens (including phenoxy) is 1. The first-order valence-corrected chi connectivity index (χ1v) is 5.46. The molecule has 1 aromatic carbocycles. The minimum Gasteiger partial charge on any atom is -0.453 e. The second kappa shape index (κ2) is 6.21. The minimum absolute atomic E-state index is 0. The molecule has 0 heterocycles. The van der Waals surface area contributed by atoms with Crippen molar-refractivity contribution in [2.45, 2.75) is 4.90 Å². The molecule has 0 bridgehead atoms. The molecule has 0 spiro atoms.